The van der Waals surface area contributed by atoms with Crippen molar-refractivity contribution in [3.8, 4) is 0 Å². The molecule has 0 aromatic carbocycles. The molecule has 0 radical (unpaired) electrons. The molecule has 0 atom stereocenters. The summed E-state index contributed by atoms with van der Waals surface area (Å²) < 4.78 is 2.20. The third kappa shape index (κ3) is 3.26. The first kappa shape index (κ1) is 12.0. The predicted octanol–water partition coefficient (Wildman–Crippen LogP) is -0.160. The van der Waals surface area contributed by atoms with E-state index in [0.717, 1.165) is 31.2 Å². The summed E-state index contributed by atoms with van der Waals surface area (Å²) in [6, 6.07) is 0. The predicted molar refractivity (Wildman–Crippen MR) is 63.4 cm³/mol. The molecule has 1 aliphatic rings. The zero-order valence-electron chi connectivity index (χ0n) is 10.2. The normalized spacial score (nSPS) is 14.4. The van der Waals surface area contributed by atoms with Gasteiger partial charge in [-0.25, -0.2) is 0 Å². The lowest BCUT2D eigenvalue weighted by Gasteiger charge is -2.14. The van der Waals surface area contributed by atoms with Gasteiger partial charge in [0.05, 0.1) is 6.54 Å². The number of nitrogens with zero attached hydrogens (tertiary/aromatic N) is 3. The lowest BCUT2D eigenvalue weighted by Crippen LogP contribution is -2.30. The van der Waals surface area contributed by atoms with Gasteiger partial charge in [-0.05, 0) is 12.8 Å². The molecule has 0 bridgehead atoms. The highest BCUT2D eigenvalue weighted by Gasteiger charge is 2.14. The highest BCUT2D eigenvalue weighted by molar-refractivity contribution is 5.72. The maximum absolute atomic E-state index is 10.7. The van der Waals surface area contributed by atoms with E-state index in [2.05, 4.69) is 25.4 Å². The Morgan fingerprint density at radius 3 is 3.06 bits per heavy atom. The van der Waals surface area contributed by atoms with Gasteiger partial charge in [-0.15, -0.1) is 10.2 Å². The van der Waals surface area contributed by atoms with E-state index in [1.165, 1.54) is 19.8 Å². The van der Waals surface area contributed by atoms with Gasteiger partial charge in [0, 0.05) is 33.0 Å². The van der Waals surface area contributed by atoms with Crippen LogP contribution in [0.1, 0.15) is 31.4 Å². The summed E-state index contributed by atoms with van der Waals surface area (Å²) >= 11 is 0. The van der Waals surface area contributed by atoms with Crippen molar-refractivity contribution in [1.29, 1.82) is 0 Å². The maximum Gasteiger partial charge on any atom is 0.216 e. The molecule has 94 valence electrons. The number of nitrogens with one attached hydrogen (secondary N) is 2. The highest BCUT2D eigenvalue weighted by atomic mass is 16.1. The van der Waals surface area contributed by atoms with Crippen LogP contribution in [0.15, 0.2) is 0 Å². The van der Waals surface area contributed by atoms with Gasteiger partial charge in [0.2, 0.25) is 5.91 Å². The third-order valence-electron chi connectivity index (χ3n) is 2.89. The Bertz CT molecular complexity index is 387. The van der Waals surface area contributed by atoms with Crippen LogP contribution in [0.3, 0.4) is 0 Å². The number of amides is 1. The summed E-state index contributed by atoms with van der Waals surface area (Å²) in [7, 11) is 0. The number of aromatic nitrogens is 3. The van der Waals surface area contributed by atoms with Crippen LogP contribution >= 0.6 is 0 Å². The van der Waals surface area contributed by atoms with Crippen LogP contribution in [-0.2, 0) is 24.3 Å². The Hall–Kier alpha value is -1.43. The molecule has 0 aliphatic carbocycles. The molecule has 0 fully saturated rings. The monoisotopic (exact) mass is 237 g/mol. The van der Waals surface area contributed by atoms with Crippen LogP contribution < -0.4 is 10.6 Å². The molecule has 2 heterocycles. The maximum atomic E-state index is 10.7. The molecule has 6 nitrogen and oxygen atoms in total. The van der Waals surface area contributed by atoms with E-state index in [1.54, 1.807) is 0 Å². The van der Waals surface area contributed by atoms with Crippen molar-refractivity contribution in [2.24, 2.45) is 0 Å². The van der Waals surface area contributed by atoms with Crippen LogP contribution in [0.2, 0.25) is 0 Å². The van der Waals surface area contributed by atoms with E-state index in [4.69, 9.17) is 0 Å². The molecule has 0 spiro atoms. The zero-order chi connectivity index (χ0) is 12.1. The number of carbonyl (C=O) groups excluding carboxylic acids is 1. The molecule has 1 aliphatic heterocycles. The Morgan fingerprint density at radius 1 is 1.35 bits per heavy atom. The van der Waals surface area contributed by atoms with Gasteiger partial charge in [-0.3, -0.25) is 4.79 Å². The summed E-state index contributed by atoms with van der Waals surface area (Å²) in [5.41, 5.74) is 0. The summed E-state index contributed by atoms with van der Waals surface area (Å²) in [5.74, 6) is 2.11. The summed E-state index contributed by atoms with van der Waals surface area (Å²) in [5, 5.41) is 14.4. The fraction of sp³-hybridized carbons (Fsp3) is 0.727. The average molecular weight is 237 g/mol. The largest absolute Gasteiger partial charge is 0.355 e. The lowest BCUT2D eigenvalue weighted by atomic mass is 10.2. The van der Waals surface area contributed by atoms with Gasteiger partial charge >= 0.3 is 0 Å². The van der Waals surface area contributed by atoms with Gasteiger partial charge < -0.3 is 15.2 Å². The zero-order valence-corrected chi connectivity index (χ0v) is 10.2. The first-order chi connectivity index (χ1) is 8.27. The van der Waals surface area contributed by atoms with Gasteiger partial charge in [-0.1, -0.05) is 0 Å². The number of carbonyl (C=O) groups is 1. The van der Waals surface area contributed by atoms with Crippen LogP contribution in [0.4, 0.5) is 0 Å². The number of rotatable bonds is 5. The second-order valence-corrected chi connectivity index (χ2v) is 4.30. The van der Waals surface area contributed by atoms with Crippen molar-refractivity contribution in [1.82, 2.24) is 25.4 Å². The topological polar surface area (TPSA) is 71.8 Å². The second kappa shape index (κ2) is 5.77. The molecule has 1 aromatic heterocycles. The van der Waals surface area contributed by atoms with Gasteiger partial charge in [0.15, 0.2) is 0 Å². The van der Waals surface area contributed by atoms with E-state index in [0.29, 0.717) is 13.1 Å². The van der Waals surface area contributed by atoms with E-state index in [-0.39, 0.29) is 5.91 Å². The minimum absolute atomic E-state index is 0.00616. The van der Waals surface area contributed by atoms with Gasteiger partial charge in [0.25, 0.3) is 0 Å². The minimum atomic E-state index is 0.00616. The number of fused-ring (bicyclic) bond motifs is 1. The summed E-state index contributed by atoms with van der Waals surface area (Å²) in [6.07, 6.45) is 3.47. The number of hydrogen-bond acceptors (Lipinski definition) is 4. The van der Waals surface area contributed by atoms with Crippen molar-refractivity contribution in [2.45, 2.75) is 39.3 Å². The Morgan fingerprint density at radius 2 is 2.24 bits per heavy atom. The van der Waals surface area contributed by atoms with Crippen molar-refractivity contribution >= 4 is 5.91 Å². The van der Waals surface area contributed by atoms with E-state index in [1.807, 2.05) is 0 Å². The summed E-state index contributed by atoms with van der Waals surface area (Å²) in [4.78, 5) is 10.7. The van der Waals surface area contributed by atoms with Crippen molar-refractivity contribution in [3.05, 3.63) is 11.6 Å². The van der Waals surface area contributed by atoms with Crippen molar-refractivity contribution in [2.75, 3.05) is 13.1 Å². The average Bonchev–Trinajstić information content (AvgIpc) is 2.72. The van der Waals surface area contributed by atoms with Crippen LogP contribution in [0.25, 0.3) is 0 Å². The van der Waals surface area contributed by atoms with Crippen molar-refractivity contribution in [3.63, 3.8) is 0 Å². The van der Waals surface area contributed by atoms with Crippen molar-refractivity contribution < 1.29 is 4.79 Å². The molecule has 2 rings (SSSR count). The Balaban J connectivity index is 1.75. The molecule has 6 heteroatoms. The van der Waals surface area contributed by atoms with E-state index in [9.17, 15) is 4.79 Å². The standard InChI is InChI=1S/C11H19N5O/c1-9(17)13-6-5-12-8-11-15-14-10-4-2-3-7-16(10)11/h12H,2-8H2,1H3,(H,13,17). The van der Waals surface area contributed by atoms with Crippen LogP contribution in [-0.4, -0.2) is 33.8 Å². The van der Waals surface area contributed by atoms with E-state index < -0.39 is 0 Å². The third-order valence-corrected chi connectivity index (χ3v) is 2.89. The second-order valence-electron chi connectivity index (χ2n) is 4.30. The first-order valence-corrected chi connectivity index (χ1v) is 6.13. The lowest BCUT2D eigenvalue weighted by molar-refractivity contribution is -0.118. The Labute approximate surface area is 101 Å². The fourth-order valence-corrected chi connectivity index (χ4v) is 2.03. The van der Waals surface area contributed by atoms with Crippen LogP contribution in [0, 0.1) is 0 Å². The molecule has 17 heavy (non-hydrogen) atoms. The first-order valence-electron chi connectivity index (χ1n) is 6.13. The molecular weight excluding hydrogens is 218 g/mol. The molecule has 2 N–H and O–H groups in total. The highest BCUT2D eigenvalue weighted by Crippen LogP contribution is 2.13. The molecule has 0 saturated carbocycles. The molecule has 1 amide bonds. The molecule has 0 unspecified atom stereocenters. The molecule has 0 saturated heterocycles. The minimum Gasteiger partial charge on any atom is -0.355 e. The number of hydrogen-bond donors (Lipinski definition) is 2. The molecular formula is C11H19N5O. The van der Waals surface area contributed by atoms with Gasteiger partial charge in [-0.2, -0.15) is 0 Å². The Kier molecular flexibility index (Phi) is 4.08. The molecule has 1 aromatic rings. The number of aryl methyl sites for hydroxylation is 1. The van der Waals surface area contributed by atoms with Crippen LogP contribution in [0.5, 0.6) is 0 Å². The SMILES string of the molecule is CC(=O)NCCNCc1nnc2n1CCCC2. The van der Waals surface area contributed by atoms with Gasteiger partial charge in [0.1, 0.15) is 11.6 Å². The van der Waals surface area contributed by atoms with E-state index >= 15 is 0 Å². The summed E-state index contributed by atoms with van der Waals surface area (Å²) in [6.45, 7) is 4.67. The fourth-order valence-electron chi connectivity index (χ4n) is 2.03. The smallest absolute Gasteiger partial charge is 0.216 e. The quantitative estimate of drug-likeness (QED) is 0.698.